The molecule has 1 aromatic carbocycles. The van der Waals surface area contributed by atoms with Gasteiger partial charge in [-0.3, -0.25) is 0 Å². The van der Waals surface area contributed by atoms with Gasteiger partial charge in [0.05, 0.1) is 11.0 Å². The van der Waals surface area contributed by atoms with Crippen molar-refractivity contribution in [2.45, 2.75) is 51.6 Å². The van der Waals surface area contributed by atoms with Crippen LogP contribution in [0.15, 0.2) is 36.4 Å². The molecule has 0 amide bonds. The van der Waals surface area contributed by atoms with Crippen LogP contribution in [-0.2, 0) is 13.0 Å². The molecule has 4 rings (SSSR count). The van der Waals surface area contributed by atoms with Crippen LogP contribution in [0, 0.1) is 0 Å². The first-order chi connectivity index (χ1) is 14.3. The van der Waals surface area contributed by atoms with Gasteiger partial charge in [0.25, 0.3) is 0 Å². The van der Waals surface area contributed by atoms with Crippen LogP contribution in [0.3, 0.4) is 0 Å². The lowest BCUT2D eigenvalue weighted by Crippen LogP contribution is -2.32. The van der Waals surface area contributed by atoms with Crippen LogP contribution >= 0.6 is 11.8 Å². The number of anilines is 1. The highest BCUT2D eigenvalue weighted by atomic mass is 32.2. The van der Waals surface area contributed by atoms with Crippen molar-refractivity contribution in [1.82, 2.24) is 19.9 Å². The van der Waals surface area contributed by atoms with E-state index in [9.17, 15) is 0 Å². The van der Waals surface area contributed by atoms with E-state index in [0.29, 0.717) is 11.9 Å². The number of imidazole rings is 1. The number of hydrogen-bond donors (Lipinski definition) is 2. The van der Waals surface area contributed by atoms with Crippen molar-refractivity contribution < 1.29 is 0 Å². The molecule has 6 heteroatoms. The first kappa shape index (κ1) is 20.2. The molecule has 0 aliphatic carbocycles. The number of nitrogens with zero attached hydrogens (tertiary/aromatic N) is 3. The molecule has 0 saturated carbocycles. The zero-order valence-corrected chi connectivity index (χ0v) is 18.0. The summed E-state index contributed by atoms with van der Waals surface area (Å²) in [6.45, 7) is 3.95. The molecule has 3 N–H and O–H groups in total. The summed E-state index contributed by atoms with van der Waals surface area (Å²) >= 11 is 2.07. The summed E-state index contributed by atoms with van der Waals surface area (Å²) in [6.07, 6.45) is 10.3. The van der Waals surface area contributed by atoms with E-state index in [1.54, 1.807) is 0 Å². The highest BCUT2D eigenvalue weighted by Gasteiger charge is 2.16. The molecule has 1 aliphatic rings. The molecule has 29 heavy (non-hydrogen) atoms. The summed E-state index contributed by atoms with van der Waals surface area (Å²) in [5.74, 6) is 4.20. The summed E-state index contributed by atoms with van der Waals surface area (Å²) in [6, 6.07) is 8.89. The normalized spacial score (nSPS) is 15.8. The number of unbranched alkanes of at least 4 members (excludes halogenated alkanes) is 1. The smallest absolute Gasteiger partial charge is 0.152 e. The third-order valence-electron chi connectivity index (χ3n) is 5.64. The Morgan fingerprint density at radius 1 is 1.21 bits per heavy atom. The first-order valence-corrected chi connectivity index (χ1v) is 11.9. The van der Waals surface area contributed by atoms with Gasteiger partial charge in [-0.1, -0.05) is 43.7 Å². The lowest BCUT2D eigenvalue weighted by molar-refractivity contribution is 0.507. The molecule has 0 atom stereocenters. The molecular weight excluding hydrogens is 378 g/mol. The molecule has 2 aromatic heterocycles. The number of nitrogen functional groups attached to an aromatic ring is 1. The van der Waals surface area contributed by atoms with Crippen molar-refractivity contribution in [3.05, 3.63) is 42.2 Å². The van der Waals surface area contributed by atoms with Gasteiger partial charge < -0.3 is 15.6 Å². The van der Waals surface area contributed by atoms with Crippen LogP contribution in [0.2, 0.25) is 0 Å². The number of rotatable bonds is 8. The summed E-state index contributed by atoms with van der Waals surface area (Å²) < 4.78 is 2.33. The number of allylic oxidation sites excluding steroid dienone is 1. The number of pyridine rings is 1. The van der Waals surface area contributed by atoms with Gasteiger partial charge in [-0.2, -0.15) is 11.8 Å². The van der Waals surface area contributed by atoms with Crippen molar-refractivity contribution in [3.8, 4) is 0 Å². The second-order valence-corrected chi connectivity index (χ2v) is 8.94. The Morgan fingerprint density at radius 3 is 2.86 bits per heavy atom. The maximum Gasteiger partial charge on any atom is 0.152 e. The molecule has 1 fully saturated rings. The monoisotopic (exact) mass is 409 g/mol. The minimum Gasteiger partial charge on any atom is -0.382 e. The van der Waals surface area contributed by atoms with E-state index in [1.807, 2.05) is 12.1 Å². The molecule has 0 spiro atoms. The van der Waals surface area contributed by atoms with Crippen LogP contribution in [0.1, 0.15) is 38.4 Å². The van der Waals surface area contributed by atoms with Gasteiger partial charge in [0, 0.05) is 30.9 Å². The average molecular weight is 410 g/mol. The third kappa shape index (κ3) is 4.59. The number of hydrogen-bond acceptors (Lipinski definition) is 5. The fourth-order valence-corrected chi connectivity index (χ4v) is 5.13. The Labute approximate surface area is 177 Å². The van der Waals surface area contributed by atoms with Crippen molar-refractivity contribution in [2.24, 2.45) is 0 Å². The van der Waals surface area contributed by atoms with Crippen LogP contribution in [0.4, 0.5) is 5.82 Å². The number of fused-ring (bicyclic) bond motifs is 3. The predicted molar refractivity (Wildman–Crippen MR) is 126 cm³/mol. The maximum atomic E-state index is 6.28. The van der Waals surface area contributed by atoms with Crippen LogP contribution in [0.5, 0.6) is 0 Å². The van der Waals surface area contributed by atoms with E-state index in [1.165, 1.54) is 24.3 Å². The second kappa shape index (κ2) is 9.63. The molecule has 0 radical (unpaired) electrons. The van der Waals surface area contributed by atoms with Crippen LogP contribution in [0.25, 0.3) is 21.9 Å². The number of nitrogens with two attached hydrogens (primary N) is 1. The summed E-state index contributed by atoms with van der Waals surface area (Å²) in [5.41, 5.74) is 9.15. The highest BCUT2D eigenvalue weighted by molar-refractivity contribution is 7.99. The average Bonchev–Trinajstić information content (AvgIpc) is 3.12. The summed E-state index contributed by atoms with van der Waals surface area (Å²) in [4.78, 5) is 9.47. The standard InChI is InChI=1S/C23H31N5S/c1-2-3-10-20-27-21-22(18-8-4-5-9-19(18)26-23(21)24)28(20)14-7-6-13-25-17-11-15-29-16-12-17/h4-9,17,25H,2-3,10-16H2,1H3,(H2,24,26)/b7-6+. The number of thioether (sulfide) groups is 1. The fraction of sp³-hybridized carbons (Fsp3) is 0.478. The van der Waals surface area contributed by atoms with Crippen molar-refractivity contribution in [3.63, 3.8) is 0 Å². The van der Waals surface area contributed by atoms with Crippen LogP contribution < -0.4 is 11.1 Å². The van der Waals surface area contributed by atoms with Crippen molar-refractivity contribution in [1.29, 1.82) is 0 Å². The van der Waals surface area contributed by atoms with Gasteiger partial charge in [-0.15, -0.1) is 0 Å². The van der Waals surface area contributed by atoms with Gasteiger partial charge in [-0.05, 0) is 36.8 Å². The molecule has 5 nitrogen and oxygen atoms in total. The molecule has 0 bridgehead atoms. The first-order valence-electron chi connectivity index (χ1n) is 10.8. The van der Waals surface area contributed by atoms with Gasteiger partial charge in [-0.25, -0.2) is 9.97 Å². The quantitative estimate of drug-likeness (QED) is 0.534. The largest absolute Gasteiger partial charge is 0.382 e. The van der Waals surface area contributed by atoms with E-state index >= 15 is 0 Å². The Kier molecular flexibility index (Phi) is 6.72. The van der Waals surface area contributed by atoms with Gasteiger partial charge in [0.2, 0.25) is 0 Å². The zero-order valence-electron chi connectivity index (χ0n) is 17.2. The predicted octanol–water partition coefficient (Wildman–Crippen LogP) is 4.55. The molecule has 1 aliphatic heterocycles. The lowest BCUT2D eigenvalue weighted by Gasteiger charge is -2.21. The number of benzene rings is 1. The number of aryl methyl sites for hydroxylation is 1. The Balaban J connectivity index is 1.59. The molecular formula is C23H31N5S. The van der Waals surface area contributed by atoms with Crippen molar-refractivity contribution >= 4 is 39.5 Å². The second-order valence-electron chi connectivity index (χ2n) is 7.72. The van der Waals surface area contributed by atoms with Gasteiger partial charge >= 0.3 is 0 Å². The molecule has 1 saturated heterocycles. The summed E-state index contributed by atoms with van der Waals surface area (Å²) in [7, 11) is 0. The highest BCUT2D eigenvalue weighted by Crippen LogP contribution is 2.29. The molecule has 3 aromatic rings. The lowest BCUT2D eigenvalue weighted by atomic mass is 10.1. The minimum absolute atomic E-state index is 0.524. The van der Waals surface area contributed by atoms with Gasteiger partial charge in [0.1, 0.15) is 11.3 Å². The number of para-hydroxylation sites is 1. The van der Waals surface area contributed by atoms with Crippen LogP contribution in [-0.4, -0.2) is 38.6 Å². The minimum atomic E-state index is 0.524. The SMILES string of the molecule is CCCCc1nc2c(N)nc3ccccc3c2n1C/C=C/CNC1CCSCC1. The maximum absolute atomic E-state index is 6.28. The Morgan fingerprint density at radius 2 is 2.03 bits per heavy atom. The topological polar surface area (TPSA) is 68.8 Å². The Bertz CT molecular complexity index is 988. The number of aromatic nitrogens is 3. The molecule has 3 heterocycles. The third-order valence-corrected chi connectivity index (χ3v) is 6.69. The van der Waals surface area contributed by atoms with E-state index < -0.39 is 0 Å². The fourth-order valence-electron chi connectivity index (χ4n) is 4.03. The van der Waals surface area contributed by atoms with Gasteiger partial charge in [0.15, 0.2) is 5.82 Å². The number of nitrogens with one attached hydrogen (secondary N) is 1. The van der Waals surface area contributed by atoms with Crippen molar-refractivity contribution in [2.75, 3.05) is 23.8 Å². The summed E-state index contributed by atoms with van der Waals surface area (Å²) in [5, 5.41) is 4.79. The van der Waals surface area contributed by atoms with E-state index in [2.05, 4.69) is 57.8 Å². The van der Waals surface area contributed by atoms with E-state index in [-0.39, 0.29) is 0 Å². The Hall–Kier alpha value is -2.05. The molecule has 0 unspecified atom stereocenters. The molecule has 154 valence electrons. The van der Waals surface area contributed by atoms with E-state index in [4.69, 9.17) is 10.7 Å². The zero-order chi connectivity index (χ0) is 20.1. The van der Waals surface area contributed by atoms with E-state index in [0.717, 1.165) is 60.1 Å².